The molecule has 10 heterocycles. The molecule has 10 saturated heterocycles. The highest BCUT2D eigenvalue weighted by Gasteiger charge is 2.55. The van der Waals surface area contributed by atoms with Gasteiger partial charge in [0.05, 0.1) is 65.8 Å². The average Bonchev–Trinajstić information content (AvgIpc) is 1.57. The zero-order valence-corrected chi connectivity index (χ0v) is 70.4. The van der Waals surface area contributed by atoms with Crippen molar-refractivity contribution in [1.82, 2.24) is 47.9 Å². The number of carbonyl (C=O) groups excluding carboxylic acids is 6. The largest absolute Gasteiger partial charge is 0.573 e. The highest BCUT2D eigenvalue weighted by atomic mass is 32.2. The molecule has 10 aliphatic heterocycles. The summed E-state index contributed by atoms with van der Waals surface area (Å²) in [4.78, 5) is 76.3. The highest BCUT2D eigenvalue weighted by molar-refractivity contribution is 7.90. The molecule has 118 heavy (non-hydrogen) atoms. The molecule has 5 aromatic carbocycles. The maximum absolute atomic E-state index is 13.2. The number of nitrogens with zero attached hydrogens (tertiary/aromatic N) is 7. The van der Waals surface area contributed by atoms with Crippen molar-refractivity contribution >= 4 is 75.1 Å². The molecule has 15 rings (SSSR count). The Morgan fingerprint density at radius 1 is 0.381 bits per heavy atom. The van der Waals surface area contributed by atoms with Gasteiger partial charge in [-0.25, -0.2) is 33.7 Å². The molecule has 3 N–H and O–H groups in total. The zero-order chi connectivity index (χ0) is 85.1. The van der Waals surface area contributed by atoms with Crippen molar-refractivity contribution in [2.75, 3.05) is 151 Å². The van der Waals surface area contributed by atoms with Gasteiger partial charge in [0.25, 0.3) is 5.91 Å². The summed E-state index contributed by atoms with van der Waals surface area (Å²) in [7, 11) is -12.8. The summed E-state index contributed by atoms with van der Waals surface area (Å²) in [5.74, 6) is -1.01. The Hall–Kier alpha value is -7.45. The third kappa shape index (κ3) is 20.8. The van der Waals surface area contributed by atoms with Gasteiger partial charge in [-0.2, -0.15) is 17.2 Å². The van der Waals surface area contributed by atoms with Crippen molar-refractivity contribution in [3.8, 4) is 5.75 Å². The van der Waals surface area contributed by atoms with Crippen LogP contribution in [0.4, 0.5) is 13.2 Å². The second kappa shape index (κ2) is 38.3. The molecule has 0 atom stereocenters. The smallest absolute Gasteiger partial charge is 0.465 e. The second-order valence-electron chi connectivity index (χ2n) is 30.3. The Morgan fingerprint density at radius 3 is 0.966 bits per heavy atom. The molecule has 0 saturated carbocycles. The number of nitrogens with one attached hydrogen (secondary N) is 3. The average molecular weight is 1730 g/mol. The molecule has 0 aromatic heterocycles. The number of Topliss-reactive ketones (excluding diaryl/α,β-unsaturated/α-hetero) is 4. The third-order valence-corrected chi connectivity index (χ3v) is 30.7. The maximum Gasteiger partial charge on any atom is 0.573 e. The predicted octanol–water partition coefficient (Wildman–Crippen LogP) is 6.71. The van der Waals surface area contributed by atoms with Crippen molar-refractivity contribution in [2.24, 2.45) is 0 Å². The van der Waals surface area contributed by atoms with E-state index < -0.39 is 80.8 Å². The standard InChI is InChI=1S/C19H26N2O6S.C16H22N2O4S.C16H20N2O3.C15H20N2O4S.C14H17F3N2O4S/c1-3-26-18(23)14-20-10-8-19(9-11-20)21(12-13-27-19)28(24,25)17-6-4-16(5-7-17)15(2)22;1-13(19)14-3-5-15(6-4-14)23(20,21)18-11-12-22-16(18)7-9-17(2)10-8-16;1-12(19)13-2-4-14(5-3-13)15(20)18-10-11-21-16(18)6-8-17-9-7-16;1-12(18)13-2-4-14(5-3-13)22(19,20)17-10-11-21-15(17)6-8-16-9-7-15;15-14(16,17)23-11-1-3-12(4-2-11)24(20,21)19-9-10-22-13(19)5-7-18-8-6-13/h4-7H,3,8-14H2,1-2H3;3-6H,7-12H2,1-2H3;2-5,17H,6-11H2,1H3;2-5,16H,6-11H2,1H3;1-4,18H,5-10H2. The third-order valence-electron chi connectivity index (χ3n) is 22.8. The highest BCUT2D eigenvalue weighted by Crippen LogP contribution is 2.43. The fraction of sp³-hybridized carbons (Fsp3) is 0.550. The molecule has 38 heteroatoms. The lowest BCUT2D eigenvalue weighted by Gasteiger charge is -2.42. The van der Waals surface area contributed by atoms with Crippen molar-refractivity contribution in [3.63, 3.8) is 0 Å². The van der Waals surface area contributed by atoms with Crippen LogP contribution in [0, 0.1) is 0 Å². The van der Waals surface area contributed by atoms with E-state index in [1.807, 2.05) is 16.8 Å². The summed E-state index contributed by atoms with van der Waals surface area (Å²) >= 11 is 0. The van der Waals surface area contributed by atoms with Crippen LogP contribution < -0.4 is 20.7 Å². The summed E-state index contributed by atoms with van der Waals surface area (Å²) in [5, 5.41) is 9.68. The molecular formula is C80H105F3N10O21S4. The first-order chi connectivity index (χ1) is 55.9. The van der Waals surface area contributed by atoms with Crippen LogP contribution in [-0.2, 0) is 73.3 Å². The number of likely N-dealkylation sites (tertiary alicyclic amines) is 2. The summed E-state index contributed by atoms with van der Waals surface area (Å²) in [6.07, 6.45) is 1.51. The number of halogens is 3. The lowest BCUT2D eigenvalue weighted by Crippen LogP contribution is -2.55. The number of alkyl halides is 3. The lowest BCUT2D eigenvalue weighted by molar-refractivity contribution is -0.274. The van der Waals surface area contributed by atoms with Gasteiger partial charge in [0, 0.05) is 151 Å². The fourth-order valence-electron chi connectivity index (χ4n) is 16.4. The van der Waals surface area contributed by atoms with Gasteiger partial charge >= 0.3 is 12.3 Å². The number of hydrogen-bond donors (Lipinski definition) is 3. The van der Waals surface area contributed by atoms with E-state index in [1.165, 1.54) is 93.4 Å². The first-order valence-electron chi connectivity index (χ1n) is 39.6. The zero-order valence-electron chi connectivity index (χ0n) is 67.1. The van der Waals surface area contributed by atoms with Crippen LogP contribution >= 0.6 is 0 Å². The minimum absolute atomic E-state index is 0.00771. The minimum atomic E-state index is -4.82. The first kappa shape index (κ1) is 91.3. The molecule has 1 amide bonds. The monoisotopic (exact) mass is 1730 g/mol. The van der Waals surface area contributed by atoms with E-state index in [-0.39, 0.29) is 74.2 Å². The number of hydrogen-bond acceptors (Lipinski definition) is 26. The topological polar surface area (TPSA) is 362 Å². The minimum Gasteiger partial charge on any atom is -0.465 e. The summed E-state index contributed by atoms with van der Waals surface area (Å²) in [5.41, 5.74) is -0.907. The number of benzene rings is 5. The molecular weight excluding hydrogens is 1620 g/mol. The van der Waals surface area contributed by atoms with E-state index in [0.717, 1.165) is 76.4 Å². The molecule has 5 aromatic rings. The van der Waals surface area contributed by atoms with Crippen LogP contribution in [0.5, 0.6) is 5.75 Å². The Bertz CT molecular complexity index is 4830. The number of piperidine rings is 5. The van der Waals surface area contributed by atoms with Gasteiger partial charge in [0.2, 0.25) is 40.1 Å². The number of sulfonamides is 4. The Labute approximate surface area is 687 Å². The van der Waals surface area contributed by atoms with E-state index >= 15 is 0 Å². The molecule has 0 unspecified atom stereocenters. The van der Waals surface area contributed by atoms with Crippen molar-refractivity contribution < 1.29 is 109 Å². The van der Waals surface area contributed by atoms with Crippen LogP contribution in [0.3, 0.4) is 0 Å². The number of ketones is 4. The normalized spacial score (nSPS) is 21.5. The van der Waals surface area contributed by atoms with E-state index in [2.05, 4.69) is 25.6 Å². The Kier molecular flexibility index (Phi) is 29.6. The van der Waals surface area contributed by atoms with Crippen LogP contribution in [-0.4, -0.2) is 287 Å². The molecule has 646 valence electrons. The van der Waals surface area contributed by atoms with Gasteiger partial charge in [-0.3, -0.25) is 33.7 Å². The molecule has 31 nitrogen and oxygen atoms in total. The van der Waals surface area contributed by atoms with Gasteiger partial charge < -0.3 is 58.9 Å². The van der Waals surface area contributed by atoms with Crippen LogP contribution in [0.15, 0.2) is 141 Å². The molecule has 10 fully saturated rings. The Balaban J connectivity index is 0.000000145. The van der Waals surface area contributed by atoms with Crippen LogP contribution in [0.1, 0.15) is 151 Å². The Morgan fingerprint density at radius 2 is 0.653 bits per heavy atom. The maximum atomic E-state index is 13.2. The molecule has 0 aliphatic carbocycles. The number of ether oxygens (including phenoxy) is 7. The number of amides is 1. The van der Waals surface area contributed by atoms with E-state index in [9.17, 15) is 75.6 Å². The van der Waals surface area contributed by atoms with Crippen molar-refractivity contribution in [1.29, 1.82) is 0 Å². The lowest BCUT2D eigenvalue weighted by atomic mass is 9.99. The van der Waals surface area contributed by atoms with Gasteiger partial charge in [0.1, 0.15) is 34.4 Å². The van der Waals surface area contributed by atoms with Gasteiger partial charge in [-0.15, -0.1) is 13.2 Å². The number of carbonyl (C=O) groups is 6. The van der Waals surface area contributed by atoms with Gasteiger partial charge in [0.15, 0.2) is 23.1 Å². The molecule has 0 radical (unpaired) electrons. The van der Waals surface area contributed by atoms with Crippen molar-refractivity contribution in [2.45, 2.75) is 153 Å². The number of esters is 1. The van der Waals surface area contributed by atoms with Crippen LogP contribution in [0.25, 0.3) is 0 Å². The second-order valence-corrected chi connectivity index (χ2v) is 37.7. The molecule has 0 bridgehead atoms. The van der Waals surface area contributed by atoms with Crippen molar-refractivity contribution in [3.05, 3.63) is 149 Å². The molecule has 5 spiro atoms. The SMILES string of the molecule is CC(=O)c1ccc(C(=O)N2CCOC23CCNCC3)cc1.CC(=O)c1ccc(S(=O)(=O)N2CCOC23CCN(C)CC3)cc1.CC(=O)c1ccc(S(=O)(=O)N2CCOC23CCNCC3)cc1.CCOC(=O)CN1CCC2(CC1)OCCN2S(=O)(=O)c1ccc(C(C)=O)cc1.O=S(=O)(c1ccc(OC(F)(F)F)cc1)N1CCOC12CCNCC2. The number of rotatable bonds is 17. The fourth-order valence-corrected chi connectivity index (χ4v) is 23.3. The van der Waals surface area contributed by atoms with E-state index in [4.69, 9.17) is 28.4 Å². The van der Waals surface area contributed by atoms with Gasteiger partial charge in [-0.05, 0) is 154 Å². The summed E-state index contributed by atoms with van der Waals surface area (Å²) < 4.78 is 184. The van der Waals surface area contributed by atoms with Crippen LogP contribution in [0.2, 0.25) is 0 Å². The molecule has 10 aliphatic rings. The van der Waals surface area contributed by atoms with E-state index in [1.54, 1.807) is 55.5 Å². The summed E-state index contributed by atoms with van der Waals surface area (Å²) in [6.45, 7) is 19.4. The quantitative estimate of drug-likeness (QED) is 0.0642. The first-order valence-corrected chi connectivity index (χ1v) is 45.3. The summed E-state index contributed by atoms with van der Waals surface area (Å²) in [6, 6.07) is 29.3. The van der Waals surface area contributed by atoms with E-state index in [0.29, 0.717) is 165 Å². The predicted molar refractivity (Wildman–Crippen MR) is 424 cm³/mol. The van der Waals surface area contributed by atoms with Gasteiger partial charge in [-0.1, -0.05) is 48.5 Å².